The monoisotopic (exact) mass is 235 g/mol. The van der Waals surface area contributed by atoms with Crippen molar-refractivity contribution in [2.24, 2.45) is 0 Å². The summed E-state index contributed by atoms with van der Waals surface area (Å²) < 4.78 is 2.36. The molecular weight excluding hydrogens is 210 g/mol. The van der Waals surface area contributed by atoms with E-state index in [0.29, 0.717) is 6.04 Å². The van der Waals surface area contributed by atoms with Crippen LogP contribution in [0.5, 0.6) is 0 Å². The molecule has 2 rings (SSSR count). The van der Waals surface area contributed by atoms with Crippen LogP contribution in [0.2, 0.25) is 0 Å². The summed E-state index contributed by atoms with van der Waals surface area (Å²) in [5.41, 5.74) is 0. The van der Waals surface area contributed by atoms with Crippen molar-refractivity contribution in [2.75, 3.05) is 11.9 Å². The van der Waals surface area contributed by atoms with E-state index in [4.69, 9.17) is 0 Å². The molecule has 1 fully saturated rings. The zero-order chi connectivity index (χ0) is 11.9. The van der Waals surface area contributed by atoms with Crippen molar-refractivity contribution in [3.05, 3.63) is 12.4 Å². The van der Waals surface area contributed by atoms with Gasteiger partial charge < -0.3 is 9.88 Å². The maximum absolute atomic E-state index is 4.45. The van der Waals surface area contributed by atoms with Crippen LogP contribution in [0.3, 0.4) is 0 Å². The van der Waals surface area contributed by atoms with Crippen molar-refractivity contribution in [3.8, 4) is 0 Å². The standard InChI is InChI=1S/C14H25N3/c1-2-3-10-15-14-16-11-12-17(14)13-8-6-4-5-7-9-13/h11-13H,2-10H2,1H3,(H,15,16). The molecular formula is C14H25N3. The average Bonchev–Trinajstić information content (AvgIpc) is 2.63. The van der Waals surface area contributed by atoms with Crippen molar-refractivity contribution in [1.82, 2.24) is 9.55 Å². The maximum atomic E-state index is 4.45. The molecule has 0 amide bonds. The number of nitrogens with one attached hydrogen (secondary N) is 1. The van der Waals surface area contributed by atoms with Gasteiger partial charge in [0.2, 0.25) is 5.95 Å². The van der Waals surface area contributed by atoms with Gasteiger partial charge in [-0.15, -0.1) is 0 Å². The second-order valence-corrected chi connectivity index (χ2v) is 5.08. The van der Waals surface area contributed by atoms with Gasteiger partial charge in [0.15, 0.2) is 0 Å². The molecule has 1 aliphatic carbocycles. The number of aromatic nitrogens is 2. The highest BCUT2D eigenvalue weighted by molar-refractivity contribution is 5.26. The van der Waals surface area contributed by atoms with Crippen LogP contribution in [0.1, 0.15) is 64.3 Å². The molecule has 17 heavy (non-hydrogen) atoms. The highest BCUT2D eigenvalue weighted by Crippen LogP contribution is 2.29. The fourth-order valence-electron chi connectivity index (χ4n) is 2.66. The van der Waals surface area contributed by atoms with E-state index in [0.717, 1.165) is 12.5 Å². The van der Waals surface area contributed by atoms with Crippen molar-refractivity contribution in [3.63, 3.8) is 0 Å². The first kappa shape index (κ1) is 12.5. The van der Waals surface area contributed by atoms with Gasteiger partial charge in [-0.1, -0.05) is 39.0 Å². The predicted octanol–water partition coefficient (Wildman–Crippen LogP) is 3.99. The van der Waals surface area contributed by atoms with Gasteiger partial charge in [0.25, 0.3) is 0 Å². The molecule has 0 radical (unpaired) electrons. The van der Waals surface area contributed by atoms with Crippen molar-refractivity contribution in [2.45, 2.75) is 64.3 Å². The predicted molar refractivity (Wildman–Crippen MR) is 72.4 cm³/mol. The zero-order valence-electron chi connectivity index (χ0n) is 11.0. The quantitative estimate of drug-likeness (QED) is 0.617. The molecule has 0 saturated heterocycles. The van der Waals surface area contributed by atoms with Crippen molar-refractivity contribution >= 4 is 5.95 Å². The lowest BCUT2D eigenvalue weighted by molar-refractivity contribution is 0.447. The molecule has 0 atom stereocenters. The number of rotatable bonds is 5. The molecule has 1 heterocycles. The van der Waals surface area contributed by atoms with E-state index in [1.165, 1.54) is 51.4 Å². The first-order valence-corrected chi connectivity index (χ1v) is 7.18. The largest absolute Gasteiger partial charge is 0.356 e. The average molecular weight is 235 g/mol. The van der Waals surface area contributed by atoms with Gasteiger partial charge in [-0.25, -0.2) is 4.98 Å². The van der Waals surface area contributed by atoms with Crippen LogP contribution in [0.15, 0.2) is 12.4 Å². The van der Waals surface area contributed by atoms with Gasteiger partial charge in [-0.05, 0) is 19.3 Å². The van der Waals surface area contributed by atoms with Gasteiger partial charge in [0.05, 0.1) is 0 Å². The molecule has 0 bridgehead atoms. The smallest absolute Gasteiger partial charge is 0.203 e. The molecule has 1 aromatic heterocycles. The normalized spacial score (nSPS) is 17.9. The Hall–Kier alpha value is -0.990. The Balaban J connectivity index is 1.96. The molecule has 0 spiro atoms. The summed E-state index contributed by atoms with van der Waals surface area (Å²) in [4.78, 5) is 4.45. The number of imidazole rings is 1. The Morgan fingerprint density at radius 3 is 2.76 bits per heavy atom. The van der Waals surface area contributed by atoms with E-state index >= 15 is 0 Å². The third-order valence-corrected chi connectivity index (χ3v) is 3.70. The lowest BCUT2D eigenvalue weighted by Gasteiger charge is -2.19. The van der Waals surface area contributed by atoms with E-state index in [9.17, 15) is 0 Å². The van der Waals surface area contributed by atoms with Crippen LogP contribution in [0.4, 0.5) is 5.95 Å². The molecule has 0 unspecified atom stereocenters. The van der Waals surface area contributed by atoms with Crippen LogP contribution in [-0.2, 0) is 0 Å². The first-order valence-electron chi connectivity index (χ1n) is 7.18. The maximum Gasteiger partial charge on any atom is 0.203 e. The molecule has 96 valence electrons. The Morgan fingerprint density at radius 1 is 1.29 bits per heavy atom. The fraction of sp³-hybridized carbons (Fsp3) is 0.786. The molecule has 0 aromatic carbocycles. The number of anilines is 1. The lowest BCUT2D eigenvalue weighted by atomic mass is 10.1. The SMILES string of the molecule is CCCCNc1nccn1C1CCCCCC1. The van der Waals surface area contributed by atoms with E-state index in [2.05, 4.69) is 28.0 Å². The minimum atomic E-state index is 0.670. The number of hydrogen-bond donors (Lipinski definition) is 1. The molecule has 0 aliphatic heterocycles. The van der Waals surface area contributed by atoms with Crippen molar-refractivity contribution < 1.29 is 0 Å². The van der Waals surface area contributed by atoms with E-state index < -0.39 is 0 Å². The van der Waals surface area contributed by atoms with Crippen LogP contribution < -0.4 is 5.32 Å². The highest BCUT2D eigenvalue weighted by Gasteiger charge is 2.16. The lowest BCUT2D eigenvalue weighted by Crippen LogP contribution is -2.13. The van der Waals surface area contributed by atoms with Crippen molar-refractivity contribution in [1.29, 1.82) is 0 Å². The summed E-state index contributed by atoms with van der Waals surface area (Å²) in [6.45, 7) is 3.26. The Bertz CT molecular complexity index is 311. The molecule has 3 heteroatoms. The summed E-state index contributed by atoms with van der Waals surface area (Å²) in [5, 5.41) is 3.46. The Labute approximate surface area is 105 Å². The van der Waals surface area contributed by atoms with Crippen LogP contribution >= 0.6 is 0 Å². The number of hydrogen-bond acceptors (Lipinski definition) is 2. The van der Waals surface area contributed by atoms with Gasteiger partial charge in [0.1, 0.15) is 0 Å². The zero-order valence-corrected chi connectivity index (χ0v) is 11.0. The Morgan fingerprint density at radius 2 is 2.06 bits per heavy atom. The van der Waals surface area contributed by atoms with Crippen LogP contribution in [0.25, 0.3) is 0 Å². The summed E-state index contributed by atoms with van der Waals surface area (Å²) in [5.74, 6) is 1.07. The summed E-state index contributed by atoms with van der Waals surface area (Å²) in [6.07, 6.45) is 14.7. The molecule has 3 nitrogen and oxygen atoms in total. The molecule has 1 aliphatic rings. The second kappa shape index (κ2) is 6.67. The summed E-state index contributed by atoms with van der Waals surface area (Å²) in [7, 11) is 0. The fourth-order valence-corrected chi connectivity index (χ4v) is 2.66. The second-order valence-electron chi connectivity index (χ2n) is 5.08. The summed E-state index contributed by atoms with van der Waals surface area (Å²) in [6, 6.07) is 0.670. The molecule has 1 saturated carbocycles. The highest BCUT2D eigenvalue weighted by atomic mass is 15.2. The number of unbranched alkanes of at least 4 members (excludes halogenated alkanes) is 1. The molecule has 1 N–H and O–H groups in total. The third-order valence-electron chi connectivity index (χ3n) is 3.70. The van der Waals surface area contributed by atoms with Gasteiger partial charge >= 0.3 is 0 Å². The molecule has 1 aromatic rings. The minimum absolute atomic E-state index is 0.670. The minimum Gasteiger partial charge on any atom is -0.356 e. The third kappa shape index (κ3) is 3.48. The van der Waals surface area contributed by atoms with E-state index in [1.54, 1.807) is 0 Å². The first-order chi connectivity index (χ1) is 8.42. The van der Waals surface area contributed by atoms with E-state index in [-0.39, 0.29) is 0 Å². The van der Waals surface area contributed by atoms with Crippen LogP contribution in [0, 0.1) is 0 Å². The van der Waals surface area contributed by atoms with Gasteiger partial charge in [-0.3, -0.25) is 0 Å². The van der Waals surface area contributed by atoms with E-state index in [1.807, 2.05) is 6.20 Å². The summed E-state index contributed by atoms with van der Waals surface area (Å²) >= 11 is 0. The number of nitrogens with zero attached hydrogens (tertiary/aromatic N) is 2. The van der Waals surface area contributed by atoms with Gasteiger partial charge in [0, 0.05) is 25.0 Å². The Kier molecular flexibility index (Phi) is 4.89. The van der Waals surface area contributed by atoms with Gasteiger partial charge in [-0.2, -0.15) is 0 Å². The topological polar surface area (TPSA) is 29.9 Å². The van der Waals surface area contributed by atoms with Crippen LogP contribution in [-0.4, -0.2) is 16.1 Å².